The van der Waals surface area contributed by atoms with Crippen molar-refractivity contribution < 1.29 is 0 Å². The van der Waals surface area contributed by atoms with Gasteiger partial charge in [0.2, 0.25) is 0 Å². The molecule has 0 bridgehead atoms. The zero-order valence-corrected chi connectivity index (χ0v) is 8.96. The van der Waals surface area contributed by atoms with E-state index < -0.39 is 0 Å². The Kier molecular flexibility index (Phi) is 13.6. The van der Waals surface area contributed by atoms with E-state index in [0.717, 1.165) is 6.54 Å². The minimum Gasteiger partial charge on any atom is -0.329 e. The normalized spacial score (nSPS) is 12.3. The quantitative estimate of drug-likeness (QED) is 0.497. The second kappa shape index (κ2) is 10.6. The number of hydrogen-bond acceptors (Lipinski definition) is 2. The third-order valence-electron chi connectivity index (χ3n) is 1.66. The van der Waals surface area contributed by atoms with Crippen molar-refractivity contribution in [2.75, 3.05) is 6.54 Å². The second-order valence-electron chi connectivity index (χ2n) is 2.74. The Morgan fingerprint density at radius 1 is 1.27 bits per heavy atom. The second-order valence-corrected chi connectivity index (χ2v) is 3.47. The zero-order valence-electron chi connectivity index (χ0n) is 7.25. The van der Waals surface area contributed by atoms with Gasteiger partial charge in [-0.2, -0.15) is 12.6 Å². The van der Waals surface area contributed by atoms with Crippen molar-refractivity contribution in [3.63, 3.8) is 0 Å². The maximum Gasteiger partial charge on any atom is 0.0140 e. The monoisotopic (exact) mass is 197 g/mol. The highest BCUT2D eigenvalue weighted by molar-refractivity contribution is 7.81. The van der Waals surface area contributed by atoms with E-state index in [1.165, 1.54) is 32.1 Å². The number of halogens is 1. The van der Waals surface area contributed by atoms with Gasteiger partial charge in [0.05, 0.1) is 0 Å². The molecule has 0 amide bonds. The molecule has 0 saturated carbocycles. The molecule has 0 aromatic heterocycles. The van der Waals surface area contributed by atoms with Crippen LogP contribution in [0.15, 0.2) is 0 Å². The zero-order chi connectivity index (χ0) is 7.82. The lowest BCUT2D eigenvalue weighted by molar-refractivity contribution is 0.621. The summed E-state index contributed by atoms with van der Waals surface area (Å²) in [4.78, 5) is 0. The molecular weight excluding hydrogens is 178 g/mol. The van der Waals surface area contributed by atoms with Gasteiger partial charge < -0.3 is 5.73 Å². The van der Waals surface area contributed by atoms with Crippen LogP contribution < -0.4 is 5.73 Å². The summed E-state index contributed by atoms with van der Waals surface area (Å²) in [5, 5.41) is 0.428. The third kappa shape index (κ3) is 10.6. The van der Waals surface area contributed by atoms with Crippen LogP contribution >= 0.6 is 25.0 Å². The Hall–Kier alpha value is 0.600. The molecule has 0 fully saturated rings. The van der Waals surface area contributed by atoms with E-state index in [1.807, 2.05) is 0 Å². The van der Waals surface area contributed by atoms with Crippen LogP contribution in [-0.4, -0.2) is 11.8 Å². The molecule has 0 saturated heterocycles. The molecule has 0 aliphatic rings. The van der Waals surface area contributed by atoms with Crippen LogP contribution in [0.3, 0.4) is 0 Å². The molecule has 0 heterocycles. The minimum atomic E-state index is 0. The largest absolute Gasteiger partial charge is 0.329 e. The predicted molar refractivity (Wildman–Crippen MR) is 57.8 cm³/mol. The van der Waals surface area contributed by atoms with E-state index in [-0.39, 0.29) is 12.4 Å². The molecular formula is C8H20ClNS. The van der Waals surface area contributed by atoms with E-state index in [1.54, 1.807) is 0 Å². The first-order valence-electron chi connectivity index (χ1n) is 4.19. The van der Waals surface area contributed by atoms with Gasteiger partial charge in [0.25, 0.3) is 0 Å². The lowest BCUT2D eigenvalue weighted by atomic mass is 10.1. The van der Waals surface area contributed by atoms with Gasteiger partial charge in [-0.05, 0) is 6.42 Å². The van der Waals surface area contributed by atoms with E-state index >= 15 is 0 Å². The number of thiol groups is 1. The molecule has 0 aromatic rings. The molecule has 11 heavy (non-hydrogen) atoms. The van der Waals surface area contributed by atoms with Crippen LogP contribution in [0.4, 0.5) is 0 Å². The van der Waals surface area contributed by atoms with Crippen molar-refractivity contribution >= 4 is 25.0 Å². The number of nitrogens with two attached hydrogens (primary N) is 1. The van der Waals surface area contributed by atoms with Crippen molar-refractivity contribution in [1.82, 2.24) is 0 Å². The molecule has 0 aromatic carbocycles. The maximum absolute atomic E-state index is 5.41. The molecule has 0 aliphatic heterocycles. The van der Waals surface area contributed by atoms with Gasteiger partial charge in [0.15, 0.2) is 0 Å². The molecule has 3 heteroatoms. The molecule has 1 unspecified atom stereocenters. The molecule has 2 N–H and O–H groups in total. The summed E-state index contributed by atoms with van der Waals surface area (Å²) in [6, 6.07) is 0. The van der Waals surface area contributed by atoms with E-state index in [9.17, 15) is 0 Å². The van der Waals surface area contributed by atoms with Gasteiger partial charge in [0.1, 0.15) is 0 Å². The van der Waals surface area contributed by atoms with Gasteiger partial charge in [-0.3, -0.25) is 0 Å². The van der Waals surface area contributed by atoms with Gasteiger partial charge in [-0.25, -0.2) is 0 Å². The highest BCUT2D eigenvalue weighted by Gasteiger charge is 1.97. The Morgan fingerprint density at radius 2 is 1.91 bits per heavy atom. The Labute approximate surface area is 81.9 Å². The fourth-order valence-corrected chi connectivity index (χ4v) is 1.11. The molecule has 0 rings (SSSR count). The summed E-state index contributed by atoms with van der Waals surface area (Å²) in [5.74, 6) is 0. The van der Waals surface area contributed by atoms with Crippen LogP contribution in [0.2, 0.25) is 0 Å². The first kappa shape index (κ1) is 14.1. The molecule has 70 valence electrons. The van der Waals surface area contributed by atoms with Gasteiger partial charge in [-0.15, -0.1) is 12.4 Å². The first-order valence-corrected chi connectivity index (χ1v) is 4.71. The van der Waals surface area contributed by atoms with Crippen LogP contribution in [-0.2, 0) is 0 Å². The molecule has 0 radical (unpaired) electrons. The average Bonchev–Trinajstić information content (AvgIpc) is 1.98. The third-order valence-corrected chi connectivity index (χ3v) is 2.13. The molecule has 1 atom stereocenters. The van der Waals surface area contributed by atoms with Crippen molar-refractivity contribution in [2.24, 2.45) is 5.73 Å². The van der Waals surface area contributed by atoms with Crippen molar-refractivity contribution in [3.05, 3.63) is 0 Å². The van der Waals surface area contributed by atoms with Gasteiger partial charge in [0, 0.05) is 11.8 Å². The average molecular weight is 198 g/mol. The maximum atomic E-state index is 5.41. The number of hydrogen-bond donors (Lipinski definition) is 2. The Balaban J connectivity index is 0. The SMILES string of the molecule is CCCCCCC(S)CN.Cl. The fraction of sp³-hybridized carbons (Fsp3) is 1.00. The molecule has 0 spiro atoms. The summed E-state index contributed by atoms with van der Waals surface area (Å²) in [6.45, 7) is 2.94. The van der Waals surface area contributed by atoms with Crippen LogP contribution in [0.1, 0.15) is 39.0 Å². The highest BCUT2D eigenvalue weighted by atomic mass is 35.5. The summed E-state index contributed by atoms with van der Waals surface area (Å²) >= 11 is 4.31. The number of rotatable bonds is 6. The van der Waals surface area contributed by atoms with Gasteiger partial charge in [-0.1, -0.05) is 32.6 Å². The first-order chi connectivity index (χ1) is 4.81. The van der Waals surface area contributed by atoms with Crippen molar-refractivity contribution in [1.29, 1.82) is 0 Å². The topological polar surface area (TPSA) is 26.0 Å². The lowest BCUT2D eigenvalue weighted by Gasteiger charge is -2.05. The van der Waals surface area contributed by atoms with E-state index in [0.29, 0.717) is 5.25 Å². The summed E-state index contributed by atoms with van der Waals surface area (Å²) < 4.78 is 0. The fourth-order valence-electron chi connectivity index (χ4n) is 0.925. The summed E-state index contributed by atoms with van der Waals surface area (Å²) in [5.41, 5.74) is 5.41. The highest BCUT2D eigenvalue weighted by Crippen LogP contribution is 2.08. The summed E-state index contributed by atoms with van der Waals surface area (Å²) in [6.07, 6.45) is 6.47. The predicted octanol–water partition coefficient (Wildman–Crippen LogP) is 2.64. The Morgan fingerprint density at radius 3 is 2.36 bits per heavy atom. The number of unbranched alkanes of at least 4 members (excludes halogenated alkanes) is 3. The van der Waals surface area contributed by atoms with Crippen LogP contribution in [0, 0.1) is 0 Å². The van der Waals surface area contributed by atoms with Crippen molar-refractivity contribution in [3.8, 4) is 0 Å². The Bertz CT molecular complexity index is 71.1. The van der Waals surface area contributed by atoms with Crippen molar-refractivity contribution in [2.45, 2.75) is 44.3 Å². The van der Waals surface area contributed by atoms with E-state index in [2.05, 4.69) is 19.6 Å². The van der Waals surface area contributed by atoms with E-state index in [4.69, 9.17) is 5.73 Å². The standard InChI is InChI=1S/C8H19NS.ClH/c1-2-3-4-5-6-8(10)7-9;/h8,10H,2-7,9H2,1H3;1H. The van der Waals surface area contributed by atoms with Crippen LogP contribution in [0.5, 0.6) is 0 Å². The van der Waals surface area contributed by atoms with Crippen LogP contribution in [0.25, 0.3) is 0 Å². The molecule has 1 nitrogen and oxygen atoms in total. The molecule has 0 aliphatic carbocycles. The lowest BCUT2D eigenvalue weighted by Crippen LogP contribution is -2.13. The minimum absolute atomic E-state index is 0. The van der Waals surface area contributed by atoms with Gasteiger partial charge >= 0.3 is 0 Å². The summed E-state index contributed by atoms with van der Waals surface area (Å²) in [7, 11) is 0. The smallest absolute Gasteiger partial charge is 0.0140 e.